The van der Waals surface area contributed by atoms with Crippen LogP contribution in [0, 0.1) is 34.0 Å². The molecule has 0 amide bonds. The first kappa shape index (κ1) is 16.6. The SMILES string of the molecule is C=C1[C@@H]2CC[C@H]3[C@]4(C)CCC[C@@](C)(C(=O)OC)[C@@H]4CC[C@]3(C2)[C@H]1O. The van der Waals surface area contributed by atoms with E-state index in [1.165, 1.54) is 26.4 Å². The number of fused-ring (bicyclic) bond motifs is 3. The van der Waals surface area contributed by atoms with Gasteiger partial charge in [-0.15, -0.1) is 0 Å². The summed E-state index contributed by atoms with van der Waals surface area (Å²) in [5, 5.41) is 11.1. The molecule has 3 heteroatoms. The Morgan fingerprint density at radius 2 is 1.92 bits per heavy atom. The molecule has 0 aromatic heterocycles. The number of esters is 1. The Morgan fingerprint density at radius 1 is 1.17 bits per heavy atom. The second-order valence-electron chi connectivity index (χ2n) is 9.60. The fourth-order valence-electron chi connectivity index (χ4n) is 7.84. The molecule has 3 nitrogen and oxygen atoms in total. The molecule has 0 aromatic carbocycles. The molecule has 2 bridgehead atoms. The number of aliphatic hydroxyl groups excluding tert-OH is 1. The van der Waals surface area contributed by atoms with E-state index in [-0.39, 0.29) is 28.3 Å². The van der Waals surface area contributed by atoms with Crippen LogP contribution in [0.4, 0.5) is 0 Å². The van der Waals surface area contributed by atoms with Gasteiger partial charge < -0.3 is 9.84 Å². The summed E-state index contributed by atoms with van der Waals surface area (Å²) in [6.45, 7) is 8.78. The Labute approximate surface area is 145 Å². The number of carbonyl (C=O) groups excluding carboxylic acids is 1. The van der Waals surface area contributed by atoms with Crippen LogP contribution in [0.15, 0.2) is 12.2 Å². The molecule has 0 aromatic rings. The van der Waals surface area contributed by atoms with Crippen molar-refractivity contribution in [2.75, 3.05) is 7.11 Å². The van der Waals surface area contributed by atoms with Gasteiger partial charge in [0.15, 0.2) is 0 Å². The van der Waals surface area contributed by atoms with Crippen molar-refractivity contribution in [3.05, 3.63) is 12.2 Å². The Morgan fingerprint density at radius 3 is 2.62 bits per heavy atom. The van der Waals surface area contributed by atoms with Crippen molar-refractivity contribution in [2.45, 2.75) is 71.3 Å². The van der Waals surface area contributed by atoms with E-state index in [2.05, 4.69) is 20.4 Å². The second kappa shape index (κ2) is 5.09. The summed E-state index contributed by atoms with van der Waals surface area (Å²) < 4.78 is 5.22. The number of aliphatic hydroxyl groups is 1. The van der Waals surface area contributed by atoms with E-state index in [0.29, 0.717) is 17.8 Å². The topological polar surface area (TPSA) is 46.5 Å². The Balaban J connectivity index is 1.76. The highest BCUT2D eigenvalue weighted by molar-refractivity contribution is 5.77. The monoisotopic (exact) mass is 332 g/mol. The fraction of sp³-hybridized carbons (Fsp3) is 0.857. The van der Waals surface area contributed by atoms with Crippen molar-refractivity contribution in [2.24, 2.45) is 34.0 Å². The normalized spacial score (nSPS) is 53.2. The van der Waals surface area contributed by atoms with Gasteiger partial charge in [0.2, 0.25) is 0 Å². The standard InChI is InChI=1S/C21H32O3/c1-13-14-6-7-16-19(2)9-5-10-20(3,18(23)24-4)15(19)8-11-21(16,12-14)17(13)22/h14-17,22H,1,5-12H2,2-4H3/t14-,15-,16+,17+,19-,20-,21-/m1/s1. The zero-order chi connectivity index (χ0) is 17.3. The lowest BCUT2D eigenvalue weighted by Gasteiger charge is -2.63. The van der Waals surface area contributed by atoms with Crippen molar-refractivity contribution in [3.63, 3.8) is 0 Å². The van der Waals surface area contributed by atoms with E-state index in [0.717, 1.165) is 37.7 Å². The average Bonchev–Trinajstić information content (AvgIpc) is 2.74. The quantitative estimate of drug-likeness (QED) is 0.581. The molecule has 4 rings (SSSR count). The Bertz CT molecular complexity index is 584. The third kappa shape index (κ3) is 1.80. The number of carbonyl (C=O) groups is 1. The van der Waals surface area contributed by atoms with E-state index < -0.39 is 0 Å². The first-order valence-electron chi connectivity index (χ1n) is 9.75. The van der Waals surface area contributed by atoms with Crippen LogP contribution in [-0.2, 0) is 9.53 Å². The maximum Gasteiger partial charge on any atom is 0.311 e. The predicted octanol–water partition coefficient (Wildman–Crippen LogP) is 4.10. The third-order valence-electron chi connectivity index (χ3n) is 8.87. The molecule has 4 aliphatic rings. The highest BCUT2D eigenvalue weighted by atomic mass is 16.5. The van der Waals surface area contributed by atoms with Crippen LogP contribution in [-0.4, -0.2) is 24.3 Å². The summed E-state index contributed by atoms with van der Waals surface area (Å²) >= 11 is 0. The van der Waals surface area contributed by atoms with Crippen molar-refractivity contribution in [1.29, 1.82) is 0 Å². The molecule has 0 radical (unpaired) electrons. The van der Waals surface area contributed by atoms with E-state index in [9.17, 15) is 9.90 Å². The number of rotatable bonds is 1. The molecule has 4 fully saturated rings. The van der Waals surface area contributed by atoms with Gasteiger partial charge in [-0.2, -0.15) is 0 Å². The fourth-order valence-corrected chi connectivity index (χ4v) is 7.84. The highest BCUT2D eigenvalue weighted by Crippen LogP contribution is 2.72. The van der Waals surface area contributed by atoms with Crippen LogP contribution in [0.1, 0.15) is 65.2 Å². The zero-order valence-electron chi connectivity index (χ0n) is 15.4. The summed E-state index contributed by atoms with van der Waals surface area (Å²) in [6.07, 6.45) is 8.43. The maximum atomic E-state index is 12.6. The van der Waals surface area contributed by atoms with Crippen LogP contribution in [0.5, 0.6) is 0 Å². The van der Waals surface area contributed by atoms with Crippen LogP contribution < -0.4 is 0 Å². The molecule has 4 aliphatic carbocycles. The first-order chi connectivity index (χ1) is 11.3. The summed E-state index contributed by atoms with van der Waals surface area (Å²) in [4.78, 5) is 12.6. The van der Waals surface area contributed by atoms with E-state index >= 15 is 0 Å². The number of hydrogen-bond acceptors (Lipinski definition) is 3. The second-order valence-corrected chi connectivity index (χ2v) is 9.60. The molecule has 0 saturated heterocycles. The van der Waals surface area contributed by atoms with Crippen LogP contribution in [0.3, 0.4) is 0 Å². The zero-order valence-corrected chi connectivity index (χ0v) is 15.4. The van der Waals surface area contributed by atoms with Crippen LogP contribution in [0.2, 0.25) is 0 Å². The lowest BCUT2D eigenvalue weighted by atomic mass is 9.40. The van der Waals surface area contributed by atoms with Crippen molar-refractivity contribution in [3.8, 4) is 0 Å². The van der Waals surface area contributed by atoms with Crippen molar-refractivity contribution < 1.29 is 14.6 Å². The van der Waals surface area contributed by atoms with Gasteiger partial charge in [0.25, 0.3) is 0 Å². The van der Waals surface area contributed by atoms with Gasteiger partial charge in [-0.1, -0.05) is 19.9 Å². The Hall–Kier alpha value is -0.830. The van der Waals surface area contributed by atoms with Gasteiger partial charge in [0.05, 0.1) is 18.6 Å². The van der Waals surface area contributed by atoms with E-state index in [1.807, 2.05) is 0 Å². The minimum absolute atomic E-state index is 0.0274. The summed E-state index contributed by atoms with van der Waals surface area (Å²) in [5.41, 5.74) is 0.891. The molecule has 24 heavy (non-hydrogen) atoms. The van der Waals surface area contributed by atoms with Crippen LogP contribution >= 0.6 is 0 Å². The largest absolute Gasteiger partial charge is 0.469 e. The first-order valence-corrected chi connectivity index (χ1v) is 9.75. The van der Waals surface area contributed by atoms with Gasteiger partial charge in [0.1, 0.15) is 0 Å². The van der Waals surface area contributed by atoms with Gasteiger partial charge >= 0.3 is 5.97 Å². The van der Waals surface area contributed by atoms with Gasteiger partial charge in [-0.3, -0.25) is 4.79 Å². The summed E-state index contributed by atoms with van der Waals surface area (Å²) in [5.74, 6) is 1.38. The number of methoxy groups -OCH3 is 1. The molecule has 7 atom stereocenters. The minimum atomic E-state index is -0.360. The highest BCUT2D eigenvalue weighted by Gasteiger charge is 2.67. The maximum absolute atomic E-state index is 12.6. The van der Waals surface area contributed by atoms with E-state index in [4.69, 9.17) is 4.74 Å². The average molecular weight is 332 g/mol. The van der Waals surface area contributed by atoms with Crippen molar-refractivity contribution >= 4 is 5.97 Å². The molecule has 1 N–H and O–H groups in total. The van der Waals surface area contributed by atoms with E-state index in [1.54, 1.807) is 0 Å². The lowest BCUT2D eigenvalue weighted by molar-refractivity contribution is -0.192. The van der Waals surface area contributed by atoms with Gasteiger partial charge in [-0.05, 0) is 80.6 Å². The van der Waals surface area contributed by atoms with Crippen molar-refractivity contribution in [1.82, 2.24) is 0 Å². The lowest BCUT2D eigenvalue weighted by Crippen LogP contribution is -2.60. The molecule has 1 spiro atoms. The molecular formula is C21H32O3. The molecule has 4 saturated carbocycles. The molecule has 0 unspecified atom stereocenters. The molecule has 0 heterocycles. The smallest absolute Gasteiger partial charge is 0.311 e. The Kier molecular flexibility index (Phi) is 3.53. The minimum Gasteiger partial charge on any atom is -0.469 e. The third-order valence-corrected chi connectivity index (χ3v) is 8.87. The number of ether oxygens (including phenoxy) is 1. The predicted molar refractivity (Wildman–Crippen MR) is 93.2 cm³/mol. The molecule has 134 valence electrons. The molecular weight excluding hydrogens is 300 g/mol. The molecule has 0 aliphatic heterocycles. The van der Waals surface area contributed by atoms with Gasteiger partial charge in [0, 0.05) is 5.41 Å². The summed E-state index contributed by atoms with van der Waals surface area (Å²) in [6, 6.07) is 0. The van der Waals surface area contributed by atoms with Gasteiger partial charge in [-0.25, -0.2) is 0 Å². The van der Waals surface area contributed by atoms with Crippen LogP contribution in [0.25, 0.3) is 0 Å². The number of hydrogen-bond donors (Lipinski definition) is 1. The summed E-state index contributed by atoms with van der Waals surface area (Å²) in [7, 11) is 1.53.